The van der Waals surface area contributed by atoms with E-state index in [9.17, 15) is 17.6 Å². The zero-order valence-corrected chi connectivity index (χ0v) is 19.0. The Labute approximate surface area is 179 Å². The van der Waals surface area contributed by atoms with E-state index in [1.165, 1.54) is 6.07 Å². The van der Waals surface area contributed by atoms with Crippen molar-refractivity contribution in [2.45, 2.75) is 44.4 Å². The van der Waals surface area contributed by atoms with Crippen LogP contribution in [0.2, 0.25) is 0 Å². The highest BCUT2D eigenvalue weighted by Crippen LogP contribution is 2.35. The van der Waals surface area contributed by atoms with Crippen molar-refractivity contribution in [1.82, 2.24) is 4.90 Å². The maximum absolute atomic E-state index is 14.5. The monoisotopic (exact) mass is 440 g/mol. The van der Waals surface area contributed by atoms with Gasteiger partial charge in [-0.25, -0.2) is 17.6 Å². The summed E-state index contributed by atoms with van der Waals surface area (Å²) in [5.41, 5.74) is 0.476. The molecular weight excluding hydrogens is 407 g/mol. The molecule has 3 rings (SSSR count). The van der Waals surface area contributed by atoms with Gasteiger partial charge in [0, 0.05) is 32.4 Å². The van der Waals surface area contributed by atoms with Gasteiger partial charge in [-0.1, -0.05) is 13.8 Å². The van der Waals surface area contributed by atoms with Crippen LogP contribution in [0.15, 0.2) is 23.1 Å². The molecule has 0 N–H and O–H groups in total. The van der Waals surface area contributed by atoms with Gasteiger partial charge < -0.3 is 14.5 Å². The first-order chi connectivity index (χ1) is 14.1. The van der Waals surface area contributed by atoms with E-state index in [0.29, 0.717) is 30.0 Å². The van der Waals surface area contributed by atoms with Crippen LogP contribution < -0.4 is 4.90 Å². The molecule has 2 heterocycles. The van der Waals surface area contributed by atoms with Gasteiger partial charge in [0.2, 0.25) is 0 Å². The summed E-state index contributed by atoms with van der Waals surface area (Å²) in [6, 6.07) is 4.17. The fraction of sp³-hybridized carbons (Fsp3) is 0.682. The number of carbonyl (C=O) groups excluding carboxylic acids is 1. The Kier molecular flexibility index (Phi) is 7.26. The van der Waals surface area contributed by atoms with Crippen LogP contribution in [0.5, 0.6) is 0 Å². The van der Waals surface area contributed by atoms with E-state index in [2.05, 4.69) is 0 Å². The maximum Gasteiger partial charge on any atom is 0.409 e. The van der Waals surface area contributed by atoms with Crippen molar-refractivity contribution in [3.8, 4) is 0 Å². The van der Waals surface area contributed by atoms with E-state index in [4.69, 9.17) is 4.74 Å². The number of piperidine rings is 2. The molecule has 0 radical (unpaired) electrons. The summed E-state index contributed by atoms with van der Waals surface area (Å²) in [5, 5.41) is 0. The number of anilines is 1. The zero-order valence-electron chi connectivity index (χ0n) is 18.1. The van der Waals surface area contributed by atoms with Gasteiger partial charge in [-0.3, -0.25) is 0 Å². The summed E-state index contributed by atoms with van der Waals surface area (Å²) >= 11 is 0. The SMILES string of the molecule is CC(C)COC(=O)N1CCC(C2CCN(c3ccc(S(C)(=O)=O)cc3F)CC2)CC1. The molecule has 0 unspecified atom stereocenters. The molecule has 0 bridgehead atoms. The topological polar surface area (TPSA) is 66.9 Å². The van der Waals surface area contributed by atoms with Crippen LogP contribution in [-0.2, 0) is 14.6 Å². The molecule has 1 aromatic carbocycles. The number of hydrogen-bond acceptors (Lipinski definition) is 5. The van der Waals surface area contributed by atoms with Crippen LogP contribution in [0.3, 0.4) is 0 Å². The minimum absolute atomic E-state index is 0.0114. The maximum atomic E-state index is 14.5. The lowest BCUT2D eigenvalue weighted by Gasteiger charge is -2.40. The summed E-state index contributed by atoms with van der Waals surface area (Å²) in [4.78, 5) is 16.0. The molecule has 2 fully saturated rings. The molecule has 0 aromatic heterocycles. The average molecular weight is 441 g/mol. The fourth-order valence-corrected chi connectivity index (χ4v) is 5.10. The Balaban J connectivity index is 1.49. The van der Waals surface area contributed by atoms with Crippen LogP contribution in [0.25, 0.3) is 0 Å². The third kappa shape index (κ3) is 5.65. The van der Waals surface area contributed by atoms with Gasteiger partial charge in [0.1, 0.15) is 5.82 Å². The van der Waals surface area contributed by atoms with Gasteiger partial charge in [0.05, 0.1) is 17.2 Å². The summed E-state index contributed by atoms with van der Waals surface area (Å²) in [6.45, 7) is 7.51. The van der Waals surface area contributed by atoms with Crippen molar-refractivity contribution in [3.63, 3.8) is 0 Å². The Morgan fingerprint density at radius 3 is 2.17 bits per heavy atom. The molecule has 0 spiro atoms. The van der Waals surface area contributed by atoms with Crippen molar-refractivity contribution >= 4 is 21.6 Å². The number of hydrogen-bond donors (Lipinski definition) is 0. The minimum Gasteiger partial charge on any atom is -0.449 e. The van der Waals surface area contributed by atoms with Crippen LogP contribution in [-0.4, -0.2) is 58.5 Å². The third-order valence-electron chi connectivity index (χ3n) is 6.23. The first kappa shape index (κ1) is 22.8. The smallest absolute Gasteiger partial charge is 0.409 e. The number of halogens is 1. The molecule has 6 nitrogen and oxygen atoms in total. The predicted molar refractivity (Wildman–Crippen MR) is 115 cm³/mol. The summed E-state index contributed by atoms with van der Waals surface area (Å²) in [5.74, 6) is 1.01. The third-order valence-corrected chi connectivity index (χ3v) is 7.34. The van der Waals surface area contributed by atoms with Crippen LogP contribution in [0.4, 0.5) is 14.9 Å². The molecule has 0 saturated carbocycles. The second kappa shape index (κ2) is 9.54. The number of rotatable bonds is 5. The summed E-state index contributed by atoms with van der Waals surface area (Å²) in [7, 11) is -3.41. The van der Waals surface area contributed by atoms with Gasteiger partial charge in [0.15, 0.2) is 9.84 Å². The van der Waals surface area contributed by atoms with E-state index < -0.39 is 15.7 Å². The first-order valence-electron chi connectivity index (χ1n) is 10.8. The summed E-state index contributed by atoms with van der Waals surface area (Å²) < 4.78 is 43.0. The quantitative estimate of drug-likeness (QED) is 0.694. The van der Waals surface area contributed by atoms with Crippen molar-refractivity contribution in [2.75, 3.05) is 43.9 Å². The lowest BCUT2D eigenvalue weighted by Crippen LogP contribution is -2.43. The van der Waals surface area contributed by atoms with Crippen LogP contribution >= 0.6 is 0 Å². The normalized spacial score (nSPS) is 19.4. The number of likely N-dealkylation sites (tertiary alicyclic amines) is 1. The molecule has 1 aromatic rings. The number of carbonyl (C=O) groups is 1. The number of benzene rings is 1. The Morgan fingerprint density at radius 2 is 1.67 bits per heavy atom. The van der Waals surface area contributed by atoms with E-state index in [0.717, 1.165) is 64.2 Å². The van der Waals surface area contributed by atoms with Crippen LogP contribution in [0.1, 0.15) is 39.5 Å². The first-order valence-corrected chi connectivity index (χ1v) is 12.7. The lowest BCUT2D eigenvalue weighted by molar-refractivity contribution is 0.0705. The van der Waals surface area contributed by atoms with Gasteiger partial charge in [-0.2, -0.15) is 0 Å². The molecule has 0 aliphatic carbocycles. The van der Waals surface area contributed by atoms with E-state index >= 15 is 0 Å². The molecule has 168 valence electrons. The van der Waals surface area contributed by atoms with Gasteiger partial charge in [-0.05, 0) is 61.6 Å². The van der Waals surface area contributed by atoms with Crippen molar-refractivity contribution in [2.24, 2.45) is 17.8 Å². The van der Waals surface area contributed by atoms with E-state index in [1.54, 1.807) is 6.07 Å². The molecule has 0 atom stereocenters. The second-order valence-corrected chi connectivity index (χ2v) is 11.0. The Hall–Kier alpha value is -1.83. The summed E-state index contributed by atoms with van der Waals surface area (Å²) in [6.07, 6.45) is 4.82. The zero-order chi connectivity index (χ0) is 21.9. The highest BCUT2D eigenvalue weighted by atomic mass is 32.2. The lowest BCUT2D eigenvalue weighted by atomic mass is 9.79. The number of nitrogens with zero attached hydrogens (tertiary/aromatic N) is 2. The molecule has 2 aliphatic rings. The number of sulfone groups is 1. The molecule has 2 aliphatic heterocycles. The molecule has 2 saturated heterocycles. The average Bonchev–Trinajstić information content (AvgIpc) is 2.71. The fourth-order valence-electron chi connectivity index (χ4n) is 4.47. The predicted octanol–water partition coefficient (Wildman–Crippen LogP) is 3.95. The van der Waals surface area contributed by atoms with E-state index in [1.807, 2.05) is 23.6 Å². The van der Waals surface area contributed by atoms with Gasteiger partial charge in [-0.15, -0.1) is 0 Å². The minimum atomic E-state index is -3.41. The second-order valence-electron chi connectivity index (χ2n) is 9.01. The Bertz CT molecular complexity index is 843. The molecular formula is C22H33FN2O4S. The molecule has 1 amide bonds. The standard InChI is InChI=1S/C22H33FN2O4S/c1-16(2)15-29-22(26)25-12-8-18(9-13-25)17-6-10-24(11-7-17)21-5-4-19(14-20(21)23)30(3,27)28/h4-5,14,16-18H,6-13,15H2,1-3H3. The number of ether oxygens (including phenoxy) is 1. The Morgan fingerprint density at radius 1 is 1.10 bits per heavy atom. The van der Waals surface area contributed by atoms with Crippen molar-refractivity contribution < 1.29 is 22.3 Å². The highest BCUT2D eigenvalue weighted by molar-refractivity contribution is 7.90. The van der Waals surface area contributed by atoms with E-state index in [-0.39, 0.29) is 11.0 Å². The highest BCUT2D eigenvalue weighted by Gasteiger charge is 2.32. The molecule has 30 heavy (non-hydrogen) atoms. The van der Waals surface area contributed by atoms with Gasteiger partial charge >= 0.3 is 6.09 Å². The largest absolute Gasteiger partial charge is 0.449 e. The molecule has 8 heteroatoms. The number of amides is 1. The van der Waals surface area contributed by atoms with Crippen LogP contribution in [0, 0.1) is 23.6 Å². The van der Waals surface area contributed by atoms with Crippen molar-refractivity contribution in [1.29, 1.82) is 0 Å². The van der Waals surface area contributed by atoms with Crippen molar-refractivity contribution in [3.05, 3.63) is 24.0 Å². The van der Waals surface area contributed by atoms with Gasteiger partial charge in [0.25, 0.3) is 0 Å².